The van der Waals surface area contributed by atoms with Gasteiger partial charge in [0.1, 0.15) is 0 Å². The lowest BCUT2D eigenvalue weighted by Gasteiger charge is -2.35. The zero-order valence-electron chi connectivity index (χ0n) is 49.8. The summed E-state index contributed by atoms with van der Waals surface area (Å²) in [4.78, 5) is 35.7. The summed E-state index contributed by atoms with van der Waals surface area (Å²) < 4.78 is 0. The number of aliphatic carboxylic acids is 1. The Hall–Kier alpha value is -1.18. The number of piperidine rings is 1. The predicted octanol–water partition coefficient (Wildman–Crippen LogP) is 18.7. The van der Waals surface area contributed by atoms with E-state index in [0.717, 1.165) is 51.5 Å². The lowest BCUT2D eigenvalue weighted by Crippen LogP contribution is -2.46. The molecular formula is C65H130N4O3. The Kier molecular flexibility index (Phi) is 50.9. The number of rotatable bonds is 57. The summed E-state index contributed by atoms with van der Waals surface area (Å²) in [5, 5.41) is 9.16. The summed E-state index contributed by atoms with van der Waals surface area (Å²) in [6.07, 6.45) is 59.9. The highest BCUT2D eigenvalue weighted by atomic mass is 16.4. The van der Waals surface area contributed by atoms with Crippen LogP contribution in [0.1, 0.15) is 324 Å². The van der Waals surface area contributed by atoms with Crippen molar-refractivity contribution < 1.29 is 14.7 Å². The molecule has 0 spiro atoms. The van der Waals surface area contributed by atoms with E-state index in [1.54, 1.807) is 0 Å². The fraction of sp³-hybridized carbons (Fsp3) is 0.969. The summed E-state index contributed by atoms with van der Waals surface area (Å²) >= 11 is 0. The molecule has 7 nitrogen and oxygen atoms in total. The molecule has 1 aliphatic rings. The van der Waals surface area contributed by atoms with Gasteiger partial charge in [-0.3, -0.25) is 14.5 Å². The number of carbonyl (C=O) groups is 2. The first kappa shape index (κ1) is 68.8. The Morgan fingerprint density at radius 1 is 0.389 bits per heavy atom. The second-order valence-corrected chi connectivity index (χ2v) is 23.7. The molecule has 0 aromatic carbocycles. The zero-order valence-corrected chi connectivity index (χ0v) is 49.8. The summed E-state index contributed by atoms with van der Waals surface area (Å²) in [7, 11) is 0. The Morgan fingerprint density at radius 2 is 0.667 bits per heavy atom. The molecule has 428 valence electrons. The molecular weight excluding hydrogens is 885 g/mol. The molecule has 0 aliphatic carbocycles. The van der Waals surface area contributed by atoms with Gasteiger partial charge in [0.05, 0.1) is 12.5 Å². The number of nitrogens with zero attached hydrogens (tertiary/aromatic N) is 4. The number of amides is 1. The molecule has 0 radical (unpaired) electrons. The van der Waals surface area contributed by atoms with Crippen LogP contribution in [0.4, 0.5) is 0 Å². The van der Waals surface area contributed by atoms with Crippen LogP contribution in [0.5, 0.6) is 0 Å². The highest BCUT2D eigenvalue weighted by Gasteiger charge is 2.25. The molecule has 72 heavy (non-hydrogen) atoms. The molecule has 1 fully saturated rings. The van der Waals surface area contributed by atoms with E-state index in [1.807, 2.05) is 6.92 Å². The number of hydrogen-bond acceptors (Lipinski definition) is 5. The lowest BCUT2D eigenvalue weighted by atomic mass is 9.93. The average Bonchev–Trinajstić information content (AvgIpc) is 3.38. The summed E-state index contributed by atoms with van der Waals surface area (Å²) in [6, 6.07) is 0. The first-order chi connectivity index (χ1) is 35.3. The Balaban J connectivity index is 2.71. The SMILES string of the molecule is CCCCCCCCCCCCCCN(CCCCCCCCCCC(C)C(=O)O)CCC1CCN(C(=O)CN(CCCCCCCCC)CCN(CCCCCCCCC)CCCCCCCCC)CC1. The van der Waals surface area contributed by atoms with Gasteiger partial charge in [-0.25, -0.2) is 0 Å². The van der Waals surface area contributed by atoms with Gasteiger partial charge in [-0.1, -0.05) is 266 Å². The van der Waals surface area contributed by atoms with E-state index in [1.165, 1.54) is 309 Å². The third-order valence-electron chi connectivity index (χ3n) is 16.8. The second-order valence-electron chi connectivity index (χ2n) is 23.7. The van der Waals surface area contributed by atoms with Crippen molar-refractivity contribution in [2.45, 2.75) is 324 Å². The van der Waals surface area contributed by atoms with Crippen LogP contribution in [0.2, 0.25) is 0 Å². The molecule has 1 atom stereocenters. The molecule has 1 unspecified atom stereocenters. The fourth-order valence-corrected chi connectivity index (χ4v) is 11.4. The number of hydrogen-bond donors (Lipinski definition) is 1. The van der Waals surface area contributed by atoms with Crippen LogP contribution in [0.25, 0.3) is 0 Å². The van der Waals surface area contributed by atoms with Crippen molar-refractivity contribution in [1.29, 1.82) is 0 Å². The largest absolute Gasteiger partial charge is 0.481 e. The minimum atomic E-state index is -0.652. The van der Waals surface area contributed by atoms with Crippen molar-refractivity contribution in [2.75, 3.05) is 72.0 Å². The van der Waals surface area contributed by atoms with Crippen LogP contribution >= 0.6 is 0 Å². The molecule has 7 heteroatoms. The van der Waals surface area contributed by atoms with E-state index in [9.17, 15) is 9.59 Å². The molecule has 1 saturated heterocycles. The third-order valence-corrected chi connectivity index (χ3v) is 16.8. The molecule has 1 N–H and O–H groups in total. The predicted molar refractivity (Wildman–Crippen MR) is 317 cm³/mol. The fourth-order valence-electron chi connectivity index (χ4n) is 11.4. The number of carboxylic acids is 1. The molecule has 1 aliphatic heterocycles. The highest BCUT2D eigenvalue weighted by molar-refractivity contribution is 5.78. The molecule has 1 amide bonds. The summed E-state index contributed by atoms with van der Waals surface area (Å²) in [5.41, 5.74) is 0. The quantitative estimate of drug-likeness (QED) is 0.0613. The van der Waals surface area contributed by atoms with Gasteiger partial charge in [0.2, 0.25) is 5.91 Å². The summed E-state index contributed by atoms with van der Waals surface area (Å²) in [6.45, 7) is 23.0. The maximum atomic E-state index is 14.1. The van der Waals surface area contributed by atoms with Gasteiger partial charge in [0, 0.05) is 26.2 Å². The molecule has 0 aromatic heterocycles. The monoisotopic (exact) mass is 1020 g/mol. The summed E-state index contributed by atoms with van der Waals surface area (Å²) in [5.74, 6) is 0.281. The number of unbranched alkanes of at least 4 members (excludes halogenated alkanes) is 36. The maximum absolute atomic E-state index is 14.1. The van der Waals surface area contributed by atoms with Crippen LogP contribution < -0.4 is 0 Å². The van der Waals surface area contributed by atoms with Gasteiger partial charge < -0.3 is 19.8 Å². The van der Waals surface area contributed by atoms with E-state index in [4.69, 9.17) is 5.11 Å². The zero-order chi connectivity index (χ0) is 52.2. The van der Waals surface area contributed by atoms with E-state index in [2.05, 4.69) is 47.3 Å². The van der Waals surface area contributed by atoms with Crippen LogP contribution in [0.3, 0.4) is 0 Å². The van der Waals surface area contributed by atoms with Gasteiger partial charge in [-0.05, 0) is 103 Å². The van der Waals surface area contributed by atoms with E-state index >= 15 is 0 Å². The Morgan fingerprint density at radius 3 is 1.00 bits per heavy atom. The molecule has 1 heterocycles. The van der Waals surface area contributed by atoms with Crippen LogP contribution in [-0.2, 0) is 9.59 Å². The van der Waals surface area contributed by atoms with E-state index < -0.39 is 5.97 Å². The Bertz CT molecular complexity index is 1110. The van der Waals surface area contributed by atoms with Gasteiger partial charge in [-0.15, -0.1) is 0 Å². The van der Waals surface area contributed by atoms with E-state index in [0.29, 0.717) is 12.5 Å². The van der Waals surface area contributed by atoms with Gasteiger partial charge in [0.25, 0.3) is 0 Å². The van der Waals surface area contributed by atoms with Crippen LogP contribution in [0, 0.1) is 11.8 Å². The van der Waals surface area contributed by atoms with Crippen LogP contribution in [-0.4, -0.2) is 109 Å². The molecule has 0 bridgehead atoms. The average molecular weight is 1020 g/mol. The Labute approximate surface area is 451 Å². The van der Waals surface area contributed by atoms with Gasteiger partial charge in [0.15, 0.2) is 0 Å². The lowest BCUT2D eigenvalue weighted by molar-refractivity contribution is -0.141. The topological polar surface area (TPSA) is 67.3 Å². The van der Waals surface area contributed by atoms with E-state index in [-0.39, 0.29) is 5.92 Å². The number of carboxylic acid groups (broad SMARTS) is 1. The maximum Gasteiger partial charge on any atom is 0.306 e. The van der Waals surface area contributed by atoms with Gasteiger partial charge in [-0.2, -0.15) is 0 Å². The first-order valence-electron chi connectivity index (χ1n) is 33.0. The normalized spacial score (nSPS) is 13.9. The highest BCUT2D eigenvalue weighted by Crippen LogP contribution is 2.23. The van der Waals surface area contributed by atoms with Crippen LogP contribution in [0.15, 0.2) is 0 Å². The van der Waals surface area contributed by atoms with Crippen molar-refractivity contribution >= 4 is 11.9 Å². The minimum absolute atomic E-state index is 0.203. The third kappa shape index (κ3) is 44.0. The smallest absolute Gasteiger partial charge is 0.306 e. The van der Waals surface area contributed by atoms with Crippen molar-refractivity contribution in [1.82, 2.24) is 19.6 Å². The number of likely N-dealkylation sites (tertiary alicyclic amines) is 1. The number of carbonyl (C=O) groups excluding carboxylic acids is 1. The van der Waals surface area contributed by atoms with Crippen molar-refractivity contribution in [2.24, 2.45) is 11.8 Å². The minimum Gasteiger partial charge on any atom is -0.481 e. The first-order valence-corrected chi connectivity index (χ1v) is 33.0. The van der Waals surface area contributed by atoms with Crippen molar-refractivity contribution in [3.05, 3.63) is 0 Å². The molecule has 1 rings (SSSR count). The van der Waals surface area contributed by atoms with Gasteiger partial charge >= 0.3 is 5.97 Å². The standard InChI is InChI=1S/C65H130N4O3/c1-6-10-14-18-22-23-24-25-27-33-38-42-51-66(52-43-39-34-28-26-29-35-41-47-62(5)65(71)72)56-48-63-49-57-69(58-50-63)64(70)61-68(55-46-40-32-21-17-13-9-4)60-59-67(53-44-36-30-19-15-11-7-2)54-45-37-31-20-16-12-8-3/h62-63H,6-61H2,1-5H3,(H,71,72). The second kappa shape index (κ2) is 53.2. The molecule has 0 aromatic rings. The molecule has 0 saturated carbocycles. The van der Waals surface area contributed by atoms with Crippen molar-refractivity contribution in [3.8, 4) is 0 Å². The van der Waals surface area contributed by atoms with Crippen molar-refractivity contribution in [3.63, 3.8) is 0 Å².